The van der Waals surface area contributed by atoms with Crippen molar-refractivity contribution in [1.29, 1.82) is 0 Å². The standard InChI is InChI=1S/C8H16ClNS/c1-11-6-5-10-8(7-9)3-2-4-8/h10H,2-7H2,1H3. The van der Waals surface area contributed by atoms with Gasteiger partial charge in [-0.2, -0.15) is 11.8 Å². The average molecular weight is 194 g/mol. The molecule has 1 rings (SSSR count). The second-order valence-electron chi connectivity index (χ2n) is 3.19. The third-order valence-corrected chi connectivity index (χ3v) is 3.50. The topological polar surface area (TPSA) is 12.0 Å². The maximum Gasteiger partial charge on any atom is 0.0406 e. The van der Waals surface area contributed by atoms with Gasteiger partial charge in [0.05, 0.1) is 0 Å². The van der Waals surface area contributed by atoms with E-state index < -0.39 is 0 Å². The van der Waals surface area contributed by atoms with Gasteiger partial charge in [0, 0.05) is 23.7 Å². The first-order valence-corrected chi connectivity index (χ1v) is 6.06. The number of rotatable bonds is 5. The van der Waals surface area contributed by atoms with E-state index >= 15 is 0 Å². The number of nitrogens with one attached hydrogen (secondary N) is 1. The van der Waals surface area contributed by atoms with E-state index in [-0.39, 0.29) is 0 Å². The third-order valence-electron chi connectivity index (χ3n) is 2.37. The zero-order valence-electron chi connectivity index (χ0n) is 7.03. The van der Waals surface area contributed by atoms with E-state index in [1.165, 1.54) is 25.0 Å². The normalized spacial score (nSPS) is 21.3. The van der Waals surface area contributed by atoms with Gasteiger partial charge in [0.15, 0.2) is 0 Å². The molecule has 0 heterocycles. The largest absolute Gasteiger partial charge is 0.309 e. The zero-order chi connectivity index (χ0) is 8.16. The number of hydrogen-bond donors (Lipinski definition) is 1. The summed E-state index contributed by atoms with van der Waals surface area (Å²) in [5.41, 5.74) is 0.317. The predicted octanol–water partition coefficient (Wildman–Crippen LogP) is 2.10. The molecule has 1 fully saturated rings. The molecule has 0 spiro atoms. The molecule has 1 aliphatic rings. The number of thioether (sulfide) groups is 1. The van der Waals surface area contributed by atoms with Crippen LogP contribution in [0.5, 0.6) is 0 Å². The van der Waals surface area contributed by atoms with Crippen molar-refractivity contribution in [3.05, 3.63) is 0 Å². The molecular weight excluding hydrogens is 178 g/mol. The van der Waals surface area contributed by atoms with Crippen molar-refractivity contribution in [2.45, 2.75) is 24.8 Å². The van der Waals surface area contributed by atoms with Crippen LogP contribution in [0, 0.1) is 0 Å². The summed E-state index contributed by atoms with van der Waals surface area (Å²) in [6.45, 7) is 1.11. The van der Waals surface area contributed by atoms with Crippen LogP contribution in [-0.4, -0.2) is 30.0 Å². The first-order chi connectivity index (χ1) is 5.33. The average Bonchev–Trinajstić information content (AvgIpc) is 1.95. The minimum atomic E-state index is 0.317. The summed E-state index contributed by atoms with van der Waals surface area (Å²) in [4.78, 5) is 0. The molecular formula is C8H16ClNS. The second-order valence-corrected chi connectivity index (χ2v) is 4.44. The van der Waals surface area contributed by atoms with Crippen LogP contribution in [0.15, 0.2) is 0 Å². The molecule has 0 aliphatic heterocycles. The van der Waals surface area contributed by atoms with Gasteiger partial charge in [-0.1, -0.05) is 0 Å². The number of halogens is 1. The fourth-order valence-electron chi connectivity index (χ4n) is 1.38. The van der Waals surface area contributed by atoms with E-state index in [9.17, 15) is 0 Å². The van der Waals surface area contributed by atoms with Gasteiger partial charge in [-0.15, -0.1) is 11.6 Å². The smallest absolute Gasteiger partial charge is 0.0406 e. The second kappa shape index (κ2) is 4.58. The van der Waals surface area contributed by atoms with Gasteiger partial charge in [-0.3, -0.25) is 0 Å². The molecule has 3 heteroatoms. The van der Waals surface area contributed by atoms with Crippen molar-refractivity contribution >= 4 is 23.4 Å². The minimum absolute atomic E-state index is 0.317. The SMILES string of the molecule is CSCCNC1(CCl)CCC1. The van der Waals surface area contributed by atoms with Crippen molar-refractivity contribution in [3.8, 4) is 0 Å². The van der Waals surface area contributed by atoms with Crippen LogP contribution in [0.2, 0.25) is 0 Å². The summed E-state index contributed by atoms with van der Waals surface area (Å²) < 4.78 is 0. The summed E-state index contributed by atoms with van der Waals surface area (Å²) in [6, 6.07) is 0. The lowest BCUT2D eigenvalue weighted by Crippen LogP contribution is -2.53. The minimum Gasteiger partial charge on any atom is -0.309 e. The molecule has 1 saturated carbocycles. The summed E-state index contributed by atoms with van der Waals surface area (Å²) in [6.07, 6.45) is 6.02. The lowest BCUT2D eigenvalue weighted by atomic mass is 9.78. The Balaban J connectivity index is 2.11. The van der Waals surface area contributed by atoms with Gasteiger partial charge >= 0.3 is 0 Å². The van der Waals surface area contributed by atoms with Crippen LogP contribution in [0.4, 0.5) is 0 Å². The molecule has 1 N–H and O–H groups in total. The van der Waals surface area contributed by atoms with Crippen molar-refractivity contribution in [2.75, 3.05) is 24.4 Å². The van der Waals surface area contributed by atoms with Crippen LogP contribution in [0.3, 0.4) is 0 Å². The van der Waals surface area contributed by atoms with Gasteiger partial charge in [0.1, 0.15) is 0 Å². The van der Waals surface area contributed by atoms with E-state index in [0.717, 1.165) is 12.4 Å². The van der Waals surface area contributed by atoms with Gasteiger partial charge in [-0.25, -0.2) is 0 Å². The Morgan fingerprint density at radius 1 is 1.55 bits per heavy atom. The predicted molar refractivity (Wildman–Crippen MR) is 53.7 cm³/mol. The first-order valence-electron chi connectivity index (χ1n) is 4.13. The summed E-state index contributed by atoms with van der Waals surface area (Å²) in [7, 11) is 0. The Bertz CT molecular complexity index is 109. The molecule has 0 radical (unpaired) electrons. The Hall–Kier alpha value is 0.600. The molecule has 1 nitrogen and oxygen atoms in total. The molecule has 0 atom stereocenters. The summed E-state index contributed by atoms with van der Waals surface area (Å²) >= 11 is 7.75. The molecule has 11 heavy (non-hydrogen) atoms. The Morgan fingerprint density at radius 3 is 2.64 bits per heavy atom. The molecule has 1 aliphatic carbocycles. The Kier molecular flexibility index (Phi) is 4.04. The lowest BCUT2D eigenvalue weighted by Gasteiger charge is -2.41. The van der Waals surface area contributed by atoms with Gasteiger partial charge in [0.25, 0.3) is 0 Å². The number of alkyl halides is 1. The molecule has 0 aromatic carbocycles. The summed E-state index contributed by atoms with van der Waals surface area (Å²) in [5, 5.41) is 3.53. The maximum absolute atomic E-state index is 5.87. The van der Waals surface area contributed by atoms with E-state index in [1.54, 1.807) is 0 Å². The van der Waals surface area contributed by atoms with E-state index in [2.05, 4.69) is 11.6 Å². The Morgan fingerprint density at radius 2 is 2.27 bits per heavy atom. The molecule has 0 unspecified atom stereocenters. The molecule has 66 valence electrons. The van der Waals surface area contributed by atoms with Crippen LogP contribution >= 0.6 is 23.4 Å². The monoisotopic (exact) mass is 193 g/mol. The van der Waals surface area contributed by atoms with Gasteiger partial charge in [-0.05, 0) is 25.5 Å². The van der Waals surface area contributed by atoms with Gasteiger partial charge < -0.3 is 5.32 Å². The van der Waals surface area contributed by atoms with Gasteiger partial charge in [0.2, 0.25) is 0 Å². The highest BCUT2D eigenvalue weighted by atomic mass is 35.5. The van der Waals surface area contributed by atoms with Crippen LogP contribution in [-0.2, 0) is 0 Å². The molecule has 0 amide bonds. The van der Waals surface area contributed by atoms with E-state index in [4.69, 9.17) is 11.6 Å². The molecule has 0 aromatic rings. The van der Waals surface area contributed by atoms with Crippen LogP contribution in [0.25, 0.3) is 0 Å². The summed E-state index contributed by atoms with van der Waals surface area (Å²) in [5.74, 6) is 1.97. The Labute approximate surface area is 78.3 Å². The quantitative estimate of drug-likeness (QED) is 0.530. The third kappa shape index (κ3) is 2.53. The van der Waals surface area contributed by atoms with Crippen LogP contribution < -0.4 is 5.32 Å². The van der Waals surface area contributed by atoms with Crippen molar-refractivity contribution in [2.24, 2.45) is 0 Å². The van der Waals surface area contributed by atoms with E-state index in [1.807, 2.05) is 11.8 Å². The molecule has 0 aromatic heterocycles. The fourth-order valence-corrected chi connectivity index (χ4v) is 2.05. The first kappa shape index (κ1) is 9.69. The maximum atomic E-state index is 5.87. The van der Waals surface area contributed by atoms with Crippen molar-refractivity contribution < 1.29 is 0 Å². The highest BCUT2D eigenvalue weighted by Crippen LogP contribution is 2.32. The molecule has 0 bridgehead atoms. The lowest BCUT2D eigenvalue weighted by molar-refractivity contribution is 0.218. The zero-order valence-corrected chi connectivity index (χ0v) is 8.60. The van der Waals surface area contributed by atoms with Crippen LogP contribution in [0.1, 0.15) is 19.3 Å². The number of hydrogen-bond acceptors (Lipinski definition) is 2. The van der Waals surface area contributed by atoms with Crippen molar-refractivity contribution in [1.82, 2.24) is 5.32 Å². The van der Waals surface area contributed by atoms with E-state index in [0.29, 0.717) is 5.54 Å². The molecule has 0 saturated heterocycles. The highest BCUT2D eigenvalue weighted by molar-refractivity contribution is 7.98. The highest BCUT2D eigenvalue weighted by Gasteiger charge is 2.34. The fraction of sp³-hybridized carbons (Fsp3) is 1.00. The van der Waals surface area contributed by atoms with Crippen molar-refractivity contribution in [3.63, 3.8) is 0 Å².